The molecule has 2 amide bonds. The summed E-state index contributed by atoms with van der Waals surface area (Å²) in [6.07, 6.45) is 36.9. The summed E-state index contributed by atoms with van der Waals surface area (Å²) < 4.78 is 30.8. The van der Waals surface area contributed by atoms with Crippen molar-refractivity contribution in [1.82, 2.24) is 24.8 Å². The van der Waals surface area contributed by atoms with Crippen molar-refractivity contribution in [2.75, 3.05) is 81.0 Å². The molecule has 4 bridgehead atoms. The number of morpholine rings is 1. The summed E-state index contributed by atoms with van der Waals surface area (Å²) in [5, 5.41) is 91.6. The smallest absolute Gasteiger partial charge is 0.227 e. The number of aryl methyl sites for hydroxylation is 2. The van der Waals surface area contributed by atoms with Gasteiger partial charge in [0.2, 0.25) is 11.8 Å². The summed E-state index contributed by atoms with van der Waals surface area (Å²) >= 11 is 0. The average molecular weight is 1980 g/mol. The second-order valence-electron chi connectivity index (χ2n) is 44.1. The van der Waals surface area contributed by atoms with Gasteiger partial charge in [-0.3, -0.25) is 14.3 Å². The molecule has 20 nitrogen and oxygen atoms in total. The first-order chi connectivity index (χ1) is 65.5. The van der Waals surface area contributed by atoms with E-state index in [-0.39, 0.29) is 172 Å². The van der Waals surface area contributed by atoms with Crippen molar-refractivity contribution in [3.63, 3.8) is 0 Å². The van der Waals surface area contributed by atoms with E-state index in [0.717, 1.165) is 146 Å². The van der Waals surface area contributed by atoms with E-state index in [1.165, 1.54) is 90.4 Å². The fraction of sp³-hybridized carbons (Fsp3) is 0.593. The van der Waals surface area contributed by atoms with Crippen LogP contribution in [0.25, 0.3) is 0 Å². The lowest BCUT2D eigenvalue weighted by molar-refractivity contribution is -0.135. The van der Waals surface area contributed by atoms with Gasteiger partial charge in [-0.1, -0.05) is 247 Å². The fourth-order valence-electron chi connectivity index (χ4n) is 23.9. The molecule has 4 fully saturated rings. The SMILES string of the molecule is C.C.C.C.C.C=C(C)[C@@H]1CCC(C)=C[C@H]1c1c(O)cc(CC(=O)N2CCOCC2)cc1O.C=C(C)[C@@H]1CCC(C)=C[C@H]1c1c(O)cc(CC2CN(C(C)=O)C2)cc1O.C=C(C)[C@@H]1CCC(C)=C[C@H]1c1c(O)cc(CCn2ccnn2)cc1O.CCCCCCC(C)(C)c1cc(OC)c([C@@H]2C=C(CO)[C@@H]3C[C@H]2C3(C)C)c(OC)c1.CCCCCCC(C)(C)c1cc(OC)c([C@H]2C=C(CO)[C@H]3C[C@@H]2C3(C)C)c(OC)c1. The molecule has 5 aromatic carbocycles. The Bertz CT molecular complexity index is 5150. The van der Waals surface area contributed by atoms with Gasteiger partial charge in [0.25, 0.3) is 0 Å². The van der Waals surface area contributed by atoms with Gasteiger partial charge in [0.05, 0.1) is 67.5 Å². The number of likely N-dealkylation sites (tertiary alicyclic amines) is 1. The van der Waals surface area contributed by atoms with Gasteiger partial charge in [0.1, 0.15) is 57.5 Å². The van der Waals surface area contributed by atoms with Crippen molar-refractivity contribution in [3.05, 3.63) is 223 Å². The Labute approximate surface area is 862 Å². The van der Waals surface area contributed by atoms with Crippen LogP contribution in [0.5, 0.6) is 57.5 Å². The molecule has 794 valence electrons. The van der Waals surface area contributed by atoms with Crippen LogP contribution >= 0.6 is 0 Å². The van der Waals surface area contributed by atoms with Crippen molar-refractivity contribution in [2.24, 2.45) is 58.2 Å². The second-order valence-corrected chi connectivity index (χ2v) is 44.1. The third-order valence-electron chi connectivity index (χ3n) is 32.7. The average Bonchev–Trinajstić information content (AvgIpc) is 0.845. The Morgan fingerprint density at radius 2 is 0.825 bits per heavy atom. The van der Waals surface area contributed by atoms with Crippen LogP contribution in [0.3, 0.4) is 0 Å². The summed E-state index contributed by atoms with van der Waals surface area (Å²) in [6, 6.07) is 19.2. The highest BCUT2D eigenvalue weighted by Crippen LogP contribution is 2.67. The van der Waals surface area contributed by atoms with Gasteiger partial charge in [-0.15, -0.1) is 5.10 Å². The number of aromatic hydroxyl groups is 6. The number of methoxy groups -OCH3 is 4. The predicted molar refractivity (Wildman–Crippen MR) is 589 cm³/mol. The van der Waals surface area contributed by atoms with Crippen molar-refractivity contribution < 1.29 is 74.1 Å². The minimum Gasteiger partial charge on any atom is -0.507 e. The molecule has 2 saturated carbocycles. The molecule has 9 aliphatic carbocycles. The van der Waals surface area contributed by atoms with E-state index in [1.807, 2.05) is 25.7 Å². The molecule has 8 N–H and O–H groups in total. The molecule has 20 heteroatoms. The first-order valence-electron chi connectivity index (χ1n) is 51.2. The maximum absolute atomic E-state index is 12.4. The zero-order valence-electron chi connectivity index (χ0n) is 87.3. The summed E-state index contributed by atoms with van der Waals surface area (Å²) in [7, 11) is 7.07. The standard InChI is InChI=1S/2C27H42O3.C22H29NO4.C22H29NO3.C20H25N3O2.5CH4/c2*1-8-9-10-11-12-26(2,3)19-14-23(29-6)25(24(15-19)30-7)20-13-18(17-28)21-16-22(20)27(21,4)5;1-14(2)17-5-4-15(3)10-18(17)22-19(24)11-16(12-20(22)25)13-21(26)23-6-8-27-9-7-23;1-13(2)18-6-5-14(3)7-19(18)22-20(25)9-16(10-21(22)26)8-17-11-23(12-17)15(4)24;1-13(2)16-5-4-14(3)10-17(16)20-18(24)11-15(12-19(20)25)6-8-23-9-7-21-22-23;;;;;/h2*13-15,20-22,28H,8-12,16-17H2,1-7H3;10-12,17-18,24-25H,1,4-9,13H2,2-3H3;7,9-10,17-19,25-26H,1,5-6,8,11-12H2,2-4H3;7,9-12,16-17,24-25H,1,4-6,8H2,2-3H3;5*1H4/t2*20-,21+,22-;17-,18+;18-,19+;16-,17+;;;;;/m10000...../s1. The zero-order valence-corrected chi connectivity index (χ0v) is 87.3. The van der Waals surface area contributed by atoms with Crippen molar-refractivity contribution in [2.45, 2.75) is 337 Å². The minimum absolute atomic E-state index is 0. The topological polar surface area (TPSA) is 279 Å². The van der Waals surface area contributed by atoms with E-state index in [1.54, 1.807) is 93.7 Å². The molecular weight excluding hydrogens is 1790 g/mol. The van der Waals surface area contributed by atoms with E-state index >= 15 is 0 Å². The number of carbonyl (C=O) groups excluding carboxylic acids is 2. The van der Waals surface area contributed by atoms with E-state index < -0.39 is 0 Å². The number of fused-ring (bicyclic) bond motifs is 2. The number of amides is 2. The molecule has 3 heterocycles. The lowest BCUT2D eigenvalue weighted by Crippen LogP contribution is -2.51. The molecule has 0 spiro atoms. The first kappa shape index (κ1) is 122. The number of phenols is 6. The fourth-order valence-corrected chi connectivity index (χ4v) is 23.9. The highest BCUT2D eigenvalue weighted by molar-refractivity contribution is 5.79. The normalized spacial score (nSPS) is 22.6. The number of hydrogen-bond acceptors (Lipinski definition) is 17. The maximum atomic E-state index is 12.4. The van der Waals surface area contributed by atoms with E-state index in [0.29, 0.717) is 91.1 Å². The number of aromatic nitrogens is 3. The van der Waals surface area contributed by atoms with Crippen LogP contribution in [-0.4, -0.2) is 159 Å². The Morgan fingerprint density at radius 1 is 0.476 bits per heavy atom. The zero-order chi connectivity index (χ0) is 101. The molecule has 17 rings (SSSR count). The molecule has 2 aliphatic heterocycles. The molecule has 143 heavy (non-hydrogen) atoms. The monoisotopic (exact) mass is 1970 g/mol. The van der Waals surface area contributed by atoms with Gasteiger partial charge in [0.15, 0.2) is 0 Å². The number of nitrogens with zero attached hydrogens (tertiary/aromatic N) is 5. The van der Waals surface area contributed by atoms with E-state index in [9.17, 15) is 50.4 Å². The molecule has 12 atom stereocenters. The summed E-state index contributed by atoms with van der Waals surface area (Å²) in [4.78, 5) is 27.3. The van der Waals surface area contributed by atoms with Gasteiger partial charge < -0.3 is 74.3 Å². The van der Waals surface area contributed by atoms with Crippen LogP contribution in [0.4, 0.5) is 0 Å². The second kappa shape index (κ2) is 53.4. The van der Waals surface area contributed by atoms with Gasteiger partial charge >= 0.3 is 0 Å². The van der Waals surface area contributed by atoms with E-state index in [2.05, 4.69) is 175 Å². The number of ether oxygens (including phenoxy) is 5. The van der Waals surface area contributed by atoms with E-state index in [4.69, 9.17) is 23.7 Å². The number of benzene rings is 5. The molecule has 2 saturated heterocycles. The molecule has 6 aromatic rings. The van der Waals surface area contributed by atoms with Crippen LogP contribution in [0.15, 0.2) is 168 Å². The highest BCUT2D eigenvalue weighted by Gasteiger charge is 2.58. The number of hydrogen-bond donors (Lipinski definition) is 8. The van der Waals surface area contributed by atoms with Crippen LogP contribution in [0, 0.1) is 58.2 Å². The molecule has 0 radical (unpaired) electrons. The molecule has 11 aliphatic rings. The third kappa shape index (κ3) is 28.6. The molecular formula is C123H187N5O15. The van der Waals surface area contributed by atoms with Crippen molar-refractivity contribution in [3.8, 4) is 57.5 Å². The van der Waals surface area contributed by atoms with Crippen molar-refractivity contribution >= 4 is 11.8 Å². The number of rotatable bonds is 33. The highest BCUT2D eigenvalue weighted by atomic mass is 16.5. The van der Waals surface area contributed by atoms with Gasteiger partial charge in [-0.05, 0) is 287 Å². The van der Waals surface area contributed by atoms with Crippen LogP contribution < -0.4 is 18.9 Å². The van der Waals surface area contributed by atoms with Crippen LogP contribution in [0.2, 0.25) is 0 Å². The maximum Gasteiger partial charge on any atom is 0.227 e. The first-order valence-corrected chi connectivity index (χ1v) is 51.2. The lowest BCUT2D eigenvalue weighted by Gasteiger charge is -2.59. The van der Waals surface area contributed by atoms with Crippen LogP contribution in [-0.2, 0) is 51.0 Å². The summed E-state index contributed by atoms with van der Waals surface area (Å²) in [5.74, 6) is 7.91. The van der Waals surface area contributed by atoms with Crippen molar-refractivity contribution in [1.29, 1.82) is 0 Å². The Kier molecular flexibility index (Phi) is 45.4. The van der Waals surface area contributed by atoms with Crippen LogP contribution in [0.1, 0.15) is 356 Å². The van der Waals surface area contributed by atoms with Gasteiger partial charge in [-0.25, -0.2) is 0 Å². The number of phenolic OH excluding ortho intramolecular Hbond substituents is 6. The predicted octanol–water partition coefficient (Wildman–Crippen LogP) is 28.0. The Hall–Kier alpha value is -10.0. The number of aliphatic hydroxyl groups is 2. The third-order valence-corrected chi connectivity index (χ3v) is 32.7. The number of allylic oxidation sites excluding steroid dienone is 11. The molecule has 0 unspecified atom stereocenters. The summed E-state index contributed by atoms with van der Waals surface area (Å²) in [5.41, 5.74) is 19.0. The summed E-state index contributed by atoms with van der Waals surface area (Å²) in [6.45, 7) is 54.1. The van der Waals surface area contributed by atoms with Gasteiger partial charge in [-0.2, -0.15) is 0 Å². The number of carbonyl (C=O) groups is 2. The lowest BCUT2D eigenvalue weighted by atomic mass is 9.45. The Balaban J connectivity index is 0.000000272. The Morgan fingerprint density at radius 3 is 1.13 bits per heavy atom. The number of unbranched alkanes of at least 4 members (excludes halogenated alkanes) is 6. The number of aliphatic hydroxyl groups excluding tert-OH is 2. The minimum atomic E-state index is -0.0970. The molecule has 1 aromatic heterocycles. The quantitative estimate of drug-likeness (QED) is 0.0140. The van der Waals surface area contributed by atoms with Gasteiger partial charge in [0, 0.05) is 103 Å². The largest absolute Gasteiger partial charge is 0.507 e.